The van der Waals surface area contributed by atoms with Crippen molar-refractivity contribution in [3.8, 4) is 23.1 Å². The van der Waals surface area contributed by atoms with E-state index < -0.39 is 29.2 Å². The minimum absolute atomic E-state index is 0.0876. The Bertz CT molecular complexity index is 1850. The van der Waals surface area contributed by atoms with Gasteiger partial charge in [0.15, 0.2) is 34.6 Å². The van der Waals surface area contributed by atoms with E-state index in [1.54, 1.807) is 6.07 Å². The summed E-state index contributed by atoms with van der Waals surface area (Å²) in [5.74, 6) is -2.19. The number of rotatable bonds is 10. The van der Waals surface area contributed by atoms with E-state index in [4.69, 9.17) is 18.9 Å². The summed E-state index contributed by atoms with van der Waals surface area (Å²) in [6, 6.07) is 12.4. The van der Waals surface area contributed by atoms with Gasteiger partial charge in [-0.3, -0.25) is 19.4 Å². The summed E-state index contributed by atoms with van der Waals surface area (Å²) >= 11 is 0. The van der Waals surface area contributed by atoms with Crippen LogP contribution in [0.1, 0.15) is 24.5 Å². The van der Waals surface area contributed by atoms with E-state index in [9.17, 15) is 18.8 Å². The Morgan fingerprint density at radius 3 is 2.39 bits per heavy atom. The van der Waals surface area contributed by atoms with Crippen LogP contribution in [0.5, 0.6) is 23.1 Å². The number of carbonyl (C=O) groups excluding carboxylic acids is 3. The summed E-state index contributed by atoms with van der Waals surface area (Å²) in [6.45, 7) is 1.09. The average Bonchev–Trinajstić information content (AvgIpc) is 3.01. The molecular weight excluding hydrogens is 574 g/mol. The molecule has 2 heterocycles. The number of methoxy groups -OCH3 is 2. The number of pyridine rings is 2. The number of ether oxygens (including phenoxy) is 4. The van der Waals surface area contributed by atoms with Crippen molar-refractivity contribution in [1.82, 2.24) is 9.97 Å². The van der Waals surface area contributed by atoms with Crippen LogP contribution in [-0.2, 0) is 25.5 Å². The summed E-state index contributed by atoms with van der Waals surface area (Å²) in [5, 5.41) is 0. The zero-order valence-electron chi connectivity index (χ0n) is 24.0. The normalized spacial score (nSPS) is 13.0. The molecule has 0 N–H and O–H groups in total. The molecule has 0 unspecified atom stereocenters. The van der Waals surface area contributed by atoms with E-state index in [0.717, 1.165) is 6.07 Å². The molecular formula is C33H26F2N2O7. The van der Waals surface area contributed by atoms with E-state index in [2.05, 4.69) is 9.97 Å². The third-order valence-corrected chi connectivity index (χ3v) is 6.86. The molecule has 11 heteroatoms. The molecule has 0 bridgehead atoms. The van der Waals surface area contributed by atoms with Gasteiger partial charge >= 0.3 is 5.97 Å². The van der Waals surface area contributed by atoms with Gasteiger partial charge in [0.25, 0.3) is 5.88 Å². The molecule has 0 saturated carbocycles. The maximum Gasteiger partial charge on any atom is 0.302 e. The summed E-state index contributed by atoms with van der Waals surface area (Å²) in [4.78, 5) is 46.8. The van der Waals surface area contributed by atoms with Crippen LogP contribution in [0.15, 0.2) is 78.0 Å². The van der Waals surface area contributed by atoms with Gasteiger partial charge in [0, 0.05) is 37.2 Å². The number of fused-ring (bicyclic) bond motifs is 1. The van der Waals surface area contributed by atoms with Gasteiger partial charge in [-0.25, -0.2) is 13.8 Å². The van der Waals surface area contributed by atoms with Gasteiger partial charge in [0.05, 0.1) is 25.3 Å². The summed E-state index contributed by atoms with van der Waals surface area (Å²) < 4.78 is 50.2. The van der Waals surface area contributed by atoms with Gasteiger partial charge in [-0.05, 0) is 47.4 Å². The molecule has 0 spiro atoms. The van der Waals surface area contributed by atoms with Crippen molar-refractivity contribution in [2.75, 3.05) is 20.8 Å². The van der Waals surface area contributed by atoms with Crippen LogP contribution in [0.25, 0.3) is 16.6 Å². The number of aromatic nitrogens is 2. The smallest absolute Gasteiger partial charge is 0.302 e. The standard InChI is InChI=1S/C33H26F2N2O7/c1-18(38)43-17-21-7-10-23(32(40)30(21)20-5-8-22(34)9-6-20)26(39)15-19-4-11-27(24(35)14-19)44-28-12-13-36-25-16-29(41-2)33(42-3)37-31(25)28/h4-6,8-14,16H,7,15,17H2,1-3H3. The molecule has 0 atom stereocenters. The Hall–Kier alpha value is -5.45. The molecule has 224 valence electrons. The zero-order chi connectivity index (χ0) is 31.4. The molecule has 1 aliphatic rings. The second-order valence-electron chi connectivity index (χ2n) is 9.76. The number of halogens is 2. The van der Waals surface area contributed by atoms with Crippen molar-refractivity contribution in [3.05, 3.63) is 101 Å². The number of hydrogen-bond donors (Lipinski definition) is 0. The van der Waals surface area contributed by atoms with Gasteiger partial charge in [0.1, 0.15) is 17.9 Å². The van der Waals surface area contributed by atoms with Crippen LogP contribution < -0.4 is 14.2 Å². The highest BCUT2D eigenvalue weighted by atomic mass is 19.1. The molecule has 0 fully saturated rings. The van der Waals surface area contributed by atoms with Crippen LogP contribution in [0.4, 0.5) is 8.78 Å². The first kappa shape index (κ1) is 30.0. The average molecular weight is 601 g/mol. The Kier molecular flexibility index (Phi) is 8.75. The topological polar surface area (TPSA) is 114 Å². The number of allylic oxidation sites excluding steroid dienone is 3. The number of carbonyl (C=O) groups is 3. The molecule has 2 aromatic heterocycles. The minimum Gasteiger partial charge on any atom is -0.491 e. The fraction of sp³-hybridized carbons (Fsp3) is 0.182. The fourth-order valence-corrected chi connectivity index (χ4v) is 4.75. The number of esters is 1. The van der Waals surface area contributed by atoms with Crippen LogP contribution in [-0.4, -0.2) is 48.3 Å². The predicted molar refractivity (Wildman–Crippen MR) is 155 cm³/mol. The van der Waals surface area contributed by atoms with E-state index in [1.807, 2.05) is 0 Å². The summed E-state index contributed by atoms with van der Waals surface area (Å²) in [6.07, 6.45) is 2.85. The first-order valence-corrected chi connectivity index (χ1v) is 13.4. The highest BCUT2D eigenvalue weighted by molar-refractivity contribution is 6.39. The lowest BCUT2D eigenvalue weighted by atomic mass is 9.83. The first-order chi connectivity index (χ1) is 21.2. The number of hydrogen-bond acceptors (Lipinski definition) is 9. The minimum atomic E-state index is -0.736. The SMILES string of the molecule is COc1cc2nccc(Oc3ccc(CC(=O)C4=CCC(COC(C)=O)=C(c5ccc(F)cc5)C4=O)cc3F)c2nc1OC. The molecule has 0 amide bonds. The second-order valence-corrected chi connectivity index (χ2v) is 9.76. The largest absolute Gasteiger partial charge is 0.491 e. The molecule has 1 aliphatic carbocycles. The van der Waals surface area contributed by atoms with Crippen LogP contribution in [0.2, 0.25) is 0 Å². The monoisotopic (exact) mass is 600 g/mol. The molecule has 0 aliphatic heterocycles. The third-order valence-electron chi connectivity index (χ3n) is 6.86. The highest BCUT2D eigenvalue weighted by Crippen LogP contribution is 2.35. The van der Waals surface area contributed by atoms with E-state index in [-0.39, 0.29) is 48.0 Å². The summed E-state index contributed by atoms with van der Waals surface area (Å²) in [5.41, 5.74) is 2.03. The summed E-state index contributed by atoms with van der Waals surface area (Å²) in [7, 11) is 2.91. The second kappa shape index (κ2) is 12.8. The van der Waals surface area contributed by atoms with Crippen LogP contribution >= 0.6 is 0 Å². The van der Waals surface area contributed by atoms with Crippen LogP contribution in [0, 0.1) is 11.6 Å². The number of benzene rings is 2. The van der Waals surface area contributed by atoms with Crippen molar-refractivity contribution < 1.29 is 42.1 Å². The molecule has 0 radical (unpaired) electrons. The Balaban J connectivity index is 1.35. The maximum atomic E-state index is 15.2. The van der Waals surface area contributed by atoms with Crippen molar-refractivity contribution in [2.24, 2.45) is 0 Å². The predicted octanol–water partition coefficient (Wildman–Crippen LogP) is 5.75. The lowest BCUT2D eigenvalue weighted by Crippen LogP contribution is -2.22. The van der Waals surface area contributed by atoms with Crippen molar-refractivity contribution in [3.63, 3.8) is 0 Å². The Labute approximate surface area is 250 Å². The lowest BCUT2D eigenvalue weighted by Gasteiger charge is -2.20. The van der Waals surface area contributed by atoms with Gasteiger partial charge < -0.3 is 18.9 Å². The van der Waals surface area contributed by atoms with Gasteiger partial charge in [0.2, 0.25) is 0 Å². The van der Waals surface area contributed by atoms with Gasteiger partial charge in [-0.1, -0.05) is 24.3 Å². The molecule has 44 heavy (non-hydrogen) atoms. The fourth-order valence-electron chi connectivity index (χ4n) is 4.75. The van der Waals surface area contributed by atoms with Crippen LogP contribution in [0.3, 0.4) is 0 Å². The lowest BCUT2D eigenvalue weighted by molar-refractivity contribution is -0.140. The zero-order valence-corrected chi connectivity index (χ0v) is 24.0. The molecule has 0 saturated heterocycles. The molecule has 5 rings (SSSR count). The van der Waals surface area contributed by atoms with E-state index in [1.165, 1.54) is 75.9 Å². The number of nitrogens with zero attached hydrogens (tertiary/aromatic N) is 2. The molecule has 9 nitrogen and oxygen atoms in total. The van der Waals surface area contributed by atoms with Crippen molar-refractivity contribution in [1.29, 1.82) is 0 Å². The quantitative estimate of drug-likeness (QED) is 0.166. The highest BCUT2D eigenvalue weighted by Gasteiger charge is 2.29. The maximum absolute atomic E-state index is 15.2. The Morgan fingerprint density at radius 1 is 0.932 bits per heavy atom. The van der Waals surface area contributed by atoms with Crippen molar-refractivity contribution >= 4 is 34.1 Å². The molecule has 2 aromatic carbocycles. The van der Waals surface area contributed by atoms with Gasteiger partial charge in [-0.2, -0.15) is 0 Å². The van der Waals surface area contributed by atoms with Crippen molar-refractivity contribution in [2.45, 2.75) is 19.8 Å². The number of Topliss-reactive ketones (excluding diaryl/α,β-unsaturated/α-hetero) is 2. The van der Waals surface area contributed by atoms with Gasteiger partial charge in [-0.15, -0.1) is 0 Å². The molecule has 4 aromatic rings. The van der Waals surface area contributed by atoms with E-state index >= 15 is 4.39 Å². The first-order valence-electron chi connectivity index (χ1n) is 13.4. The third kappa shape index (κ3) is 6.31. The number of ketones is 2. The Morgan fingerprint density at radius 2 is 1.70 bits per heavy atom. The van der Waals surface area contributed by atoms with E-state index in [0.29, 0.717) is 33.5 Å².